The fourth-order valence-electron chi connectivity index (χ4n) is 1.92. The predicted molar refractivity (Wildman–Crippen MR) is 101 cm³/mol. The Morgan fingerprint density at radius 1 is 0.893 bits per heavy atom. The van der Waals surface area contributed by atoms with E-state index in [-0.39, 0.29) is 42.6 Å². The highest BCUT2D eigenvalue weighted by Crippen LogP contribution is 2.02. The minimum atomic E-state index is -1.34. The summed E-state index contributed by atoms with van der Waals surface area (Å²) in [6, 6.07) is -2.56. The molecule has 28 heavy (non-hydrogen) atoms. The molecule has 0 aliphatic rings. The van der Waals surface area contributed by atoms with Gasteiger partial charge in [0.2, 0.25) is 5.91 Å². The molecule has 158 valence electrons. The van der Waals surface area contributed by atoms with Crippen LogP contribution in [-0.2, 0) is 24.0 Å². The number of carbonyl (C=O) groups excluding carboxylic acids is 2. The minimum Gasteiger partial charge on any atom is -0.481 e. The summed E-state index contributed by atoms with van der Waals surface area (Å²) >= 11 is 4.88. The maximum Gasteiger partial charge on any atom is 0.326 e. The number of aliphatic carboxylic acids is 3. The number of nitrogens with one attached hydrogen (secondary N) is 3. The van der Waals surface area contributed by atoms with Gasteiger partial charge in [0.15, 0.2) is 5.11 Å². The number of ketones is 1. The number of thiocarbonyl (C=S) groups is 1. The van der Waals surface area contributed by atoms with Crippen molar-refractivity contribution in [2.75, 3.05) is 6.54 Å². The molecule has 0 spiro atoms. The molecule has 0 saturated heterocycles. The maximum atomic E-state index is 11.8. The smallest absolute Gasteiger partial charge is 0.326 e. The number of hydrogen-bond donors (Lipinski definition) is 6. The SMILES string of the molecule is CC(=O)[C@@H](C)CNC(=O)CC[C@H](NC(=S)N[C@@H](CCC(=O)O)C(=O)O)C(=O)O. The maximum absolute atomic E-state index is 11.8. The number of rotatable bonds is 13. The quantitative estimate of drug-likeness (QED) is 0.208. The lowest BCUT2D eigenvalue weighted by atomic mass is 10.1. The first-order valence-corrected chi connectivity index (χ1v) is 8.86. The summed E-state index contributed by atoms with van der Waals surface area (Å²) in [5.74, 6) is -4.70. The molecule has 0 aromatic heterocycles. The summed E-state index contributed by atoms with van der Waals surface area (Å²) < 4.78 is 0. The molecule has 0 radical (unpaired) electrons. The third kappa shape index (κ3) is 11.1. The molecule has 12 heteroatoms. The van der Waals surface area contributed by atoms with E-state index in [0.717, 1.165) is 0 Å². The van der Waals surface area contributed by atoms with Crippen molar-refractivity contribution >= 4 is 46.9 Å². The Morgan fingerprint density at radius 2 is 1.36 bits per heavy atom. The Kier molecular flexibility index (Phi) is 11.4. The van der Waals surface area contributed by atoms with Gasteiger partial charge < -0.3 is 31.3 Å². The number of hydrogen-bond acceptors (Lipinski definition) is 6. The van der Waals surface area contributed by atoms with Crippen molar-refractivity contribution in [3.05, 3.63) is 0 Å². The molecule has 0 aliphatic carbocycles. The van der Waals surface area contributed by atoms with Gasteiger partial charge in [0.25, 0.3) is 0 Å². The summed E-state index contributed by atoms with van der Waals surface area (Å²) in [4.78, 5) is 55.9. The fraction of sp³-hybridized carbons (Fsp3) is 0.625. The lowest BCUT2D eigenvalue weighted by Gasteiger charge is -2.20. The van der Waals surface area contributed by atoms with Crippen LogP contribution in [0.25, 0.3) is 0 Å². The lowest BCUT2D eigenvalue weighted by molar-refractivity contribution is -0.141. The van der Waals surface area contributed by atoms with E-state index < -0.39 is 42.3 Å². The van der Waals surface area contributed by atoms with Crippen LogP contribution in [0.1, 0.15) is 39.5 Å². The van der Waals surface area contributed by atoms with Crippen molar-refractivity contribution in [2.24, 2.45) is 5.92 Å². The van der Waals surface area contributed by atoms with E-state index in [1.807, 2.05) is 0 Å². The van der Waals surface area contributed by atoms with Crippen molar-refractivity contribution in [2.45, 2.75) is 51.6 Å². The zero-order valence-electron chi connectivity index (χ0n) is 15.6. The van der Waals surface area contributed by atoms with Crippen LogP contribution in [0.4, 0.5) is 0 Å². The summed E-state index contributed by atoms with van der Waals surface area (Å²) in [7, 11) is 0. The second-order valence-corrected chi connectivity index (χ2v) is 6.59. The molecule has 11 nitrogen and oxygen atoms in total. The van der Waals surface area contributed by atoms with Crippen LogP contribution >= 0.6 is 12.2 Å². The molecular formula is C16H25N3O8S. The van der Waals surface area contributed by atoms with Gasteiger partial charge in [-0.25, -0.2) is 9.59 Å². The number of Topliss-reactive ketones (excluding diaryl/α,β-unsaturated/α-hetero) is 1. The van der Waals surface area contributed by atoms with Gasteiger partial charge in [0.1, 0.15) is 17.9 Å². The highest BCUT2D eigenvalue weighted by Gasteiger charge is 2.23. The van der Waals surface area contributed by atoms with Crippen molar-refractivity contribution in [1.29, 1.82) is 0 Å². The zero-order chi connectivity index (χ0) is 21.9. The van der Waals surface area contributed by atoms with E-state index in [2.05, 4.69) is 16.0 Å². The highest BCUT2D eigenvalue weighted by molar-refractivity contribution is 7.80. The summed E-state index contributed by atoms with van der Waals surface area (Å²) in [6.45, 7) is 3.19. The third-order valence-electron chi connectivity index (χ3n) is 3.81. The molecule has 0 rings (SSSR count). The van der Waals surface area contributed by atoms with Gasteiger partial charge in [-0.1, -0.05) is 6.92 Å². The van der Waals surface area contributed by atoms with Crippen LogP contribution in [0, 0.1) is 5.92 Å². The summed E-state index contributed by atoms with van der Waals surface area (Å²) in [6.07, 6.45) is -0.947. The minimum absolute atomic E-state index is 0.0855. The van der Waals surface area contributed by atoms with E-state index in [0.29, 0.717) is 0 Å². The van der Waals surface area contributed by atoms with Crippen molar-refractivity contribution in [3.63, 3.8) is 0 Å². The Hall–Kier alpha value is -2.76. The van der Waals surface area contributed by atoms with Crippen LogP contribution in [0.5, 0.6) is 0 Å². The molecule has 0 unspecified atom stereocenters. The first kappa shape index (κ1) is 25.2. The molecule has 0 saturated carbocycles. The monoisotopic (exact) mass is 419 g/mol. The Balaban J connectivity index is 4.59. The van der Waals surface area contributed by atoms with Gasteiger partial charge in [-0.2, -0.15) is 0 Å². The van der Waals surface area contributed by atoms with E-state index >= 15 is 0 Å². The normalized spacial score (nSPS) is 13.5. The van der Waals surface area contributed by atoms with Gasteiger partial charge in [-0.15, -0.1) is 0 Å². The second kappa shape index (κ2) is 12.6. The topological polar surface area (TPSA) is 182 Å². The first-order valence-electron chi connectivity index (χ1n) is 8.45. The van der Waals surface area contributed by atoms with Crippen LogP contribution in [0.2, 0.25) is 0 Å². The van der Waals surface area contributed by atoms with Crippen LogP contribution in [0.3, 0.4) is 0 Å². The molecule has 0 aromatic rings. The standard InChI is InChI=1S/C16H25N3O8S/c1-8(9(2)20)7-17-12(21)5-3-10(14(24)25)18-16(28)19-11(15(26)27)4-6-13(22)23/h8,10-11H,3-7H2,1-2H3,(H,17,21)(H,22,23)(H,24,25)(H,26,27)(H2,18,19,28)/t8-,10-,11-/m0/s1. The fourth-order valence-corrected chi connectivity index (χ4v) is 2.20. The van der Waals surface area contributed by atoms with E-state index in [1.165, 1.54) is 6.92 Å². The van der Waals surface area contributed by atoms with Gasteiger partial charge in [0.05, 0.1) is 0 Å². The molecule has 1 amide bonds. The van der Waals surface area contributed by atoms with Crippen molar-refractivity contribution in [3.8, 4) is 0 Å². The predicted octanol–water partition coefficient (Wildman–Crippen LogP) is -0.657. The molecular weight excluding hydrogens is 394 g/mol. The van der Waals surface area contributed by atoms with E-state index in [4.69, 9.17) is 22.4 Å². The first-order chi connectivity index (χ1) is 12.9. The average Bonchev–Trinajstić information content (AvgIpc) is 2.58. The molecule has 0 aliphatic heterocycles. The molecule has 0 heterocycles. The number of carboxylic acid groups (broad SMARTS) is 3. The van der Waals surface area contributed by atoms with Crippen molar-refractivity contribution < 1.29 is 39.3 Å². The van der Waals surface area contributed by atoms with E-state index in [9.17, 15) is 29.1 Å². The lowest BCUT2D eigenvalue weighted by Crippen LogP contribution is -2.51. The van der Waals surface area contributed by atoms with Crippen molar-refractivity contribution in [1.82, 2.24) is 16.0 Å². The van der Waals surface area contributed by atoms with Gasteiger partial charge >= 0.3 is 17.9 Å². The second-order valence-electron chi connectivity index (χ2n) is 6.19. The van der Waals surface area contributed by atoms with Gasteiger partial charge in [-0.3, -0.25) is 14.4 Å². The summed E-state index contributed by atoms with van der Waals surface area (Å²) in [5, 5.41) is 33.9. The molecule has 3 atom stereocenters. The number of carbonyl (C=O) groups is 5. The van der Waals surface area contributed by atoms with Gasteiger partial charge in [0, 0.05) is 25.3 Å². The number of amides is 1. The molecule has 0 fully saturated rings. The number of carboxylic acids is 3. The zero-order valence-corrected chi connectivity index (χ0v) is 16.4. The largest absolute Gasteiger partial charge is 0.481 e. The third-order valence-corrected chi connectivity index (χ3v) is 4.05. The average molecular weight is 419 g/mol. The highest BCUT2D eigenvalue weighted by atomic mass is 32.1. The Morgan fingerprint density at radius 3 is 1.75 bits per heavy atom. The van der Waals surface area contributed by atoms with Crippen LogP contribution < -0.4 is 16.0 Å². The Bertz CT molecular complexity index is 625. The summed E-state index contributed by atoms with van der Waals surface area (Å²) in [5.41, 5.74) is 0. The van der Waals surface area contributed by atoms with Crippen LogP contribution in [-0.4, -0.2) is 68.7 Å². The Labute approximate surface area is 166 Å². The molecule has 6 N–H and O–H groups in total. The van der Waals surface area contributed by atoms with Gasteiger partial charge in [-0.05, 0) is 32.0 Å². The molecule has 0 bridgehead atoms. The molecule has 0 aromatic carbocycles. The van der Waals surface area contributed by atoms with Crippen LogP contribution in [0.15, 0.2) is 0 Å². The van der Waals surface area contributed by atoms with E-state index in [1.54, 1.807) is 6.92 Å².